The van der Waals surface area contributed by atoms with Crippen molar-refractivity contribution in [2.75, 3.05) is 13.2 Å². The Balaban J connectivity index is 4.06. The van der Waals surface area contributed by atoms with E-state index in [1.165, 1.54) is 0 Å². The molecule has 0 saturated carbocycles. The third-order valence-electron chi connectivity index (χ3n) is 1.88. The highest BCUT2D eigenvalue weighted by atomic mass is 16.6. The predicted octanol–water partition coefficient (Wildman–Crippen LogP) is 1.15. The molecule has 0 rings (SSSR count). The summed E-state index contributed by atoms with van der Waals surface area (Å²) in [4.78, 5) is 44.7. The van der Waals surface area contributed by atoms with Gasteiger partial charge in [0.05, 0.1) is 13.0 Å². The maximum Gasteiger partial charge on any atom is 0.351 e. The largest absolute Gasteiger partial charge is 0.463 e. The number of rotatable bonds is 6. The lowest BCUT2D eigenvalue weighted by atomic mass is 9.92. The van der Waals surface area contributed by atoms with Gasteiger partial charge in [-0.15, -0.1) is 0 Å². The number of esters is 4. The average molecular weight is 300 g/mol. The van der Waals surface area contributed by atoms with Gasteiger partial charge in [-0.25, -0.2) is 14.4 Å². The molecule has 21 heavy (non-hydrogen) atoms. The van der Waals surface area contributed by atoms with E-state index < -0.39 is 30.5 Å². The van der Waals surface area contributed by atoms with Crippen molar-refractivity contribution in [2.24, 2.45) is 5.41 Å². The lowest BCUT2D eigenvalue weighted by Crippen LogP contribution is -2.22. The van der Waals surface area contributed by atoms with E-state index >= 15 is 0 Å². The smallest absolute Gasteiger partial charge is 0.351 e. The molecule has 0 fully saturated rings. The molecule has 0 aliphatic heterocycles. The van der Waals surface area contributed by atoms with E-state index in [0.29, 0.717) is 0 Å². The molecule has 0 bridgehead atoms. The van der Waals surface area contributed by atoms with Gasteiger partial charge in [0.2, 0.25) is 0 Å². The van der Waals surface area contributed by atoms with Crippen molar-refractivity contribution in [2.45, 2.75) is 34.1 Å². The third kappa shape index (κ3) is 11.4. The quantitative estimate of drug-likeness (QED) is 0.314. The molecule has 0 amide bonds. The minimum atomic E-state index is -0.970. The second-order valence-electron chi connectivity index (χ2n) is 5.28. The maximum atomic E-state index is 11.3. The second-order valence-corrected chi connectivity index (χ2v) is 5.28. The van der Waals surface area contributed by atoms with Gasteiger partial charge in [0.1, 0.15) is 0 Å². The van der Waals surface area contributed by atoms with Gasteiger partial charge in [-0.2, -0.15) is 0 Å². The van der Waals surface area contributed by atoms with E-state index in [4.69, 9.17) is 0 Å². The highest BCUT2D eigenvalue weighted by Gasteiger charge is 2.20. The Hall–Kier alpha value is -2.18. The normalized spacial score (nSPS) is 11.0. The molecule has 0 heterocycles. The molecule has 0 N–H and O–H groups in total. The first-order chi connectivity index (χ1) is 9.64. The monoisotopic (exact) mass is 300 g/mol. The van der Waals surface area contributed by atoms with Crippen LogP contribution in [-0.4, -0.2) is 37.1 Å². The number of carbonyl (C=O) groups excluding carboxylic acids is 4. The van der Waals surface area contributed by atoms with Crippen LogP contribution in [0.25, 0.3) is 0 Å². The summed E-state index contributed by atoms with van der Waals surface area (Å²) in [5.74, 6) is -3.27. The summed E-state index contributed by atoms with van der Waals surface area (Å²) in [6.45, 7) is 6.55. The number of carbonyl (C=O) groups is 4. The molecule has 0 radical (unpaired) electrons. The fraction of sp³-hybridized carbons (Fsp3) is 0.571. The van der Waals surface area contributed by atoms with Crippen LogP contribution in [0.1, 0.15) is 34.1 Å². The second kappa shape index (κ2) is 8.89. The standard InChI is InChI=1S/C14H20O7/c1-5-19-10(15)6-7-11(16)20-9-13(18)21-12(17)8-14(2,3)4/h6-7H,5,8-9H2,1-4H3/b7-6+. The fourth-order valence-corrected chi connectivity index (χ4v) is 1.13. The van der Waals surface area contributed by atoms with Gasteiger partial charge in [0.25, 0.3) is 0 Å². The van der Waals surface area contributed by atoms with Crippen molar-refractivity contribution < 1.29 is 33.4 Å². The van der Waals surface area contributed by atoms with Crippen LogP contribution in [0.4, 0.5) is 0 Å². The Bertz CT molecular complexity index is 429. The third-order valence-corrected chi connectivity index (χ3v) is 1.88. The van der Waals surface area contributed by atoms with Crippen LogP contribution in [0.15, 0.2) is 12.2 Å². The Morgan fingerprint density at radius 3 is 1.90 bits per heavy atom. The molecule has 7 nitrogen and oxygen atoms in total. The van der Waals surface area contributed by atoms with Crippen molar-refractivity contribution in [1.82, 2.24) is 0 Å². The molecule has 7 heteroatoms. The van der Waals surface area contributed by atoms with Crippen LogP contribution in [0.3, 0.4) is 0 Å². The SMILES string of the molecule is CCOC(=O)/C=C/C(=O)OCC(=O)OC(=O)CC(C)(C)C. The maximum absolute atomic E-state index is 11.3. The van der Waals surface area contributed by atoms with Crippen molar-refractivity contribution in [3.05, 3.63) is 12.2 Å². The minimum absolute atomic E-state index is 0.0649. The molecule has 0 aliphatic carbocycles. The Kier molecular flexibility index (Phi) is 7.96. The van der Waals surface area contributed by atoms with Gasteiger partial charge in [0.15, 0.2) is 6.61 Å². The number of hydrogen-bond donors (Lipinski definition) is 0. The van der Waals surface area contributed by atoms with E-state index in [2.05, 4.69) is 14.2 Å². The van der Waals surface area contributed by atoms with Gasteiger partial charge in [-0.05, 0) is 12.3 Å². The summed E-state index contributed by atoms with van der Waals surface area (Å²) in [5.41, 5.74) is -0.309. The zero-order valence-electron chi connectivity index (χ0n) is 12.6. The molecule has 0 aliphatic rings. The summed E-state index contributed by atoms with van der Waals surface area (Å²) in [7, 11) is 0. The fourth-order valence-electron chi connectivity index (χ4n) is 1.13. The van der Waals surface area contributed by atoms with E-state index in [9.17, 15) is 19.2 Å². The van der Waals surface area contributed by atoms with E-state index in [0.717, 1.165) is 12.2 Å². The van der Waals surface area contributed by atoms with Crippen LogP contribution in [0.5, 0.6) is 0 Å². The molecule has 0 unspecified atom stereocenters. The molecule has 118 valence electrons. The van der Waals surface area contributed by atoms with Crippen molar-refractivity contribution in [1.29, 1.82) is 0 Å². The molecular formula is C14H20O7. The first-order valence-electron chi connectivity index (χ1n) is 6.39. The zero-order chi connectivity index (χ0) is 16.5. The summed E-state index contributed by atoms with van der Waals surface area (Å²) in [5, 5.41) is 0. The van der Waals surface area contributed by atoms with Crippen LogP contribution >= 0.6 is 0 Å². The molecule has 0 aromatic carbocycles. The molecular weight excluding hydrogens is 280 g/mol. The Morgan fingerprint density at radius 1 is 0.905 bits per heavy atom. The Morgan fingerprint density at radius 2 is 1.43 bits per heavy atom. The summed E-state index contributed by atoms with van der Waals surface area (Å²) in [6, 6.07) is 0. The lowest BCUT2D eigenvalue weighted by Gasteiger charge is -2.15. The van der Waals surface area contributed by atoms with E-state index in [1.54, 1.807) is 6.92 Å². The summed E-state index contributed by atoms with van der Waals surface area (Å²) in [6.07, 6.45) is 1.76. The van der Waals surface area contributed by atoms with Crippen molar-refractivity contribution in [3.63, 3.8) is 0 Å². The molecule has 0 aromatic rings. The first kappa shape index (κ1) is 18.8. The molecule has 0 aromatic heterocycles. The van der Waals surface area contributed by atoms with Crippen LogP contribution < -0.4 is 0 Å². The zero-order valence-corrected chi connectivity index (χ0v) is 12.6. The molecule has 0 spiro atoms. The topological polar surface area (TPSA) is 96.0 Å². The predicted molar refractivity (Wildman–Crippen MR) is 71.9 cm³/mol. The van der Waals surface area contributed by atoms with Crippen molar-refractivity contribution >= 4 is 23.9 Å². The van der Waals surface area contributed by atoms with E-state index in [1.807, 2.05) is 20.8 Å². The number of ether oxygens (including phenoxy) is 3. The first-order valence-corrected chi connectivity index (χ1v) is 6.39. The Labute approximate surface area is 123 Å². The van der Waals surface area contributed by atoms with Crippen molar-refractivity contribution in [3.8, 4) is 0 Å². The van der Waals surface area contributed by atoms with Gasteiger partial charge in [-0.1, -0.05) is 20.8 Å². The molecule has 0 atom stereocenters. The summed E-state index contributed by atoms with van der Waals surface area (Å²) >= 11 is 0. The van der Waals surface area contributed by atoms with Gasteiger partial charge < -0.3 is 14.2 Å². The summed E-state index contributed by atoms with van der Waals surface area (Å²) < 4.78 is 13.5. The van der Waals surface area contributed by atoms with Crippen LogP contribution in [0.2, 0.25) is 0 Å². The van der Waals surface area contributed by atoms with Crippen LogP contribution in [-0.2, 0) is 33.4 Å². The lowest BCUT2D eigenvalue weighted by molar-refractivity contribution is -0.166. The van der Waals surface area contributed by atoms with Gasteiger partial charge in [0, 0.05) is 12.2 Å². The van der Waals surface area contributed by atoms with E-state index in [-0.39, 0.29) is 18.4 Å². The van der Waals surface area contributed by atoms with Crippen LogP contribution in [0, 0.1) is 5.41 Å². The highest BCUT2D eigenvalue weighted by molar-refractivity contribution is 5.93. The van der Waals surface area contributed by atoms with Gasteiger partial charge >= 0.3 is 23.9 Å². The number of hydrogen-bond acceptors (Lipinski definition) is 7. The average Bonchev–Trinajstić information content (AvgIpc) is 2.31. The highest BCUT2D eigenvalue weighted by Crippen LogP contribution is 2.18. The minimum Gasteiger partial charge on any atom is -0.463 e. The van der Waals surface area contributed by atoms with Gasteiger partial charge in [-0.3, -0.25) is 4.79 Å². The molecule has 0 saturated heterocycles.